The van der Waals surface area contributed by atoms with Crippen molar-refractivity contribution in [2.45, 2.75) is 6.18 Å². The Hall–Kier alpha value is -2.36. The first-order valence-electron chi connectivity index (χ1n) is 6.34. The molecule has 2 aromatic rings. The van der Waals surface area contributed by atoms with E-state index in [4.69, 9.17) is 4.74 Å². The van der Waals surface area contributed by atoms with Gasteiger partial charge in [-0.05, 0) is 36.4 Å². The van der Waals surface area contributed by atoms with Crippen LogP contribution in [0.15, 0.2) is 42.5 Å². The van der Waals surface area contributed by atoms with Crippen molar-refractivity contribution in [1.29, 1.82) is 0 Å². The molecule has 4 nitrogen and oxygen atoms in total. The third kappa shape index (κ3) is 5.37. The molecule has 0 aliphatic heterocycles. The van der Waals surface area contributed by atoms with Crippen molar-refractivity contribution in [3.63, 3.8) is 0 Å². The van der Waals surface area contributed by atoms with E-state index in [1.807, 2.05) is 0 Å². The summed E-state index contributed by atoms with van der Waals surface area (Å²) >= 11 is 0. The summed E-state index contributed by atoms with van der Waals surface area (Å²) in [7, 11) is -4.59. The summed E-state index contributed by atoms with van der Waals surface area (Å²) in [6, 6.07) is 7.38. The van der Waals surface area contributed by atoms with Crippen LogP contribution in [0.2, 0.25) is 0 Å². The standard InChI is InChI=1S/C14H10F5NO3S/c15-9-1-6-13(12(16)7-9)23-11-4-2-10(3-5-11)20-24(21,22)8-14(17,18)19/h1-7,20H,8H2. The molecule has 2 rings (SSSR count). The molecule has 0 atom stereocenters. The van der Waals surface area contributed by atoms with Gasteiger partial charge >= 0.3 is 6.18 Å². The molecule has 0 aromatic heterocycles. The number of hydrogen-bond donors (Lipinski definition) is 1. The lowest BCUT2D eigenvalue weighted by atomic mass is 10.3. The highest BCUT2D eigenvalue weighted by Gasteiger charge is 2.35. The quantitative estimate of drug-likeness (QED) is 0.811. The smallest absolute Gasteiger partial charge is 0.404 e. The molecule has 0 saturated heterocycles. The summed E-state index contributed by atoms with van der Waals surface area (Å²) in [4.78, 5) is 0. The first-order chi connectivity index (χ1) is 11.0. The average molecular weight is 367 g/mol. The van der Waals surface area contributed by atoms with E-state index < -0.39 is 33.6 Å². The van der Waals surface area contributed by atoms with E-state index in [2.05, 4.69) is 0 Å². The maximum Gasteiger partial charge on any atom is 0.404 e. The lowest BCUT2D eigenvalue weighted by Crippen LogP contribution is -2.27. The number of halogens is 5. The monoisotopic (exact) mass is 367 g/mol. The van der Waals surface area contributed by atoms with Gasteiger partial charge in [0.1, 0.15) is 11.6 Å². The molecule has 0 fully saturated rings. The summed E-state index contributed by atoms with van der Waals surface area (Å²) < 4.78 is 92.1. The van der Waals surface area contributed by atoms with Gasteiger partial charge in [-0.2, -0.15) is 13.2 Å². The third-order valence-corrected chi connectivity index (χ3v) is 3.86. The largest absolute Gasteiger partial charge is 0.454 e. The van der Waals surface area contributed by atoms with E-state index >= 15 is 0 Å². The highest BCUT2D eigenvalue weighted by Crippen LogP contribution is 2.26. The number of anilines is 1. The van der Waals surface area contributed by atoms with Gasteiger partial charge in [-0.3, -0.25) is 4.72 Å². The van der Waals surface area contributed by atoms with Crippen LogP contribution >= 0.6 is 0 Å². The van der Waals surface area contributed by atoms with Crippen LogP contribution in [0.3, 0.4) is 0 Å². The Morgan fingerprint density at radius 1 is 1.00 bits per heavy atom. The molecule has 0 aliphatic carbocycles. The molecule has 0 saturated carbocycles. The van der Waals surface area contributed by atoms with Gasteiger partial charge in [-0.1, -0.05) is 0 Å². The Kier molecular flexibility index (Phi) is 4.97. The predicted molar refractivity (Wildman–Crippen MR) is 76.3 cm³/mol. The Morgan fingerprint density at radius 3 is 2.17 bits per heavy atom. The van der Waals surface area contributed by atoms with Crippen LogP contribution in [0.25, 0.3) is 0 Å². The van der Waals surface area contributed by atoms with E-state index in [0.717, 1.165) is 24.3 Å². The van der Waals surface area contributed by atoms with Gasteiger partial charge in [0.2, 0.25) is 10.0 Å². The van der Waals surface area contributed by atoms with Gasteiger partial charge in [-0.15, -0.1) is 0 Å². The van der Waals surface area contributed by atoms with E-state index in [9.17, 15) is 30.4 Å². The molecule has 10 heteroatoms. The molecule has 0 heterocycles. The fourth-order valence-electron chi connectivity index (χ4n) is 1.71. The fraction of sp³-hybridized carbons (Fsp3) is 0.143. The van der Waals surface area contributed by atoms with E-state index in [0.29, 0.717) is 6.07 Å². The second-order valence-electron chi connectivity index (χ2n) is 4.68. The molecular formula is C14H10F5NO3S. The van der Waals surface area contributed by atoms with Crippen molar-refractivity contribution in [3.8, 4) is 11.5 Å². The van der Waals surface area contributed by atoms with E-state index in [-0.39, 0.29) is 17.2 Å². The maximum atomic E-state index is 13.4. The molecule has 0 amide bonds. The summed E-state index contributed by atoms with van der Waals surface area (Å²) in [5, 5.41) is 0. The Morgan fingerprint density at radius 2 is 1.62 bits per heavy atom. The SMILES string of the molecule is O=S(=O)(CC(F)(F)F)Nc1ccc(Oc2ccc(F)cc2F)cc1. The summed E-state index contributed by atoms with van der Waals surface area (Å²) in [6.07, 6.45) is -4.87. The number of sulfonamides is 1. The van der Waals surface area contributed by atoms with Crippen LogP contribution in [0, 0.1) is 11.6 Å². The minimum absolute atomic E-state index is 0.0827. The summed E-state index contributed by atoms with van der Waals surface area (Å²) in [5.74, 6) is -3.92. The molecule has 24 heavy (non-hydrogen) atoms. The Labute approximate surface area is 133 Å². The highest BCUT2D eigenvalue weighted by atomic mass is 32.2. The van der Waals surface area contributed by atoms with Crippen molar-refractivity contribution >= 4 is 15.7 Å². The minimum atomic E-state index is -4.87. The lowest BCUT2D eigenvalue weighted by Gasteiger charge is -2.11. The van der Waals surface area contributed by atoms with Gasteiger partial charge in [0.25, 0.3) is 0 Å². The zero-order valence-corrected chi connectivity index (χ0v) is 12.6. The number of rotatable bonds is 5. The van der Waals surface area contributed by atoms with Gasteiger partial charge in [-0.25, -0.2) is 17.2 Å². The molecule has 0 aliphatic rings. The second kappa shape index (κ2) is 6.63. The van der Waals surface area contributed by atoms with E-state index in [1.54, 1.807) is 4.72 Å². The van der Waals surface area contributed by atoms with Crippen LogP contribution in [-0.2, 0) is 10.0 Å². The van der Waals surface area contributed by atoms with Gasteiger partial charge in [0, 0.05) is 11.8 Å². The molecule has 0 bridgehead atoms. The number of nitrogens with one attached hydrogen (secondary N) is 1. The summed E-state index contributed by atoms with van der Waals surface area (Å²) in [5.41, 5.74) is -0.119. The normalized spacial score (nSPS) is 12.0. The molecule has 0 radical (unpaired) electrons. The van der Waals surface area contributed by atoms with Crippen LogP contribution < -0.4 is 9.46 Å². The third-order valence-electron chi connectivity index (χ3n) is 2.60. The van der Waals surface area contributed by atoms with E-state index in [1.165, 1.54) is 12.1 Å². The Balaban J connectivity index is 2.08. The fourth-order valence-corrected chi connectivity index (χ4v) is 2.71. The minimum Gasteiger partial charge on any atom is -0.454 e. The van der Waals surface area contributed by atoms with Crippen LogP contribution in [0.4, 0.5) is 27.6 Å². The zero-order chi connectivity index (χ0) is 18.0. The molecular weight excluding hydrogens is 357 g/mol. The highest BCUT2D eigenvalue weighted by molar-refractivity contribution is 7.92. The van der Waals surface area contributed by atoms with Crippen molar-refractivity contribution in [3.05, 3.63) is 54.1 Å². The van der Waals surface area contributed by atoms with Gasteiger partial charge in [0.05, 0.1) is 0 Å². The average Bonchev–Trinajstić information content (AvgIpc) is 2.41. The number of benzene rings is 2. The van der Waals surface area contributed by atoms with Crippen molar-refractivity contribution in [2.24, 2.45) is 0 Å². The van der Waals surface area contributed by atoms with Crippen molar-refractivity contribution < 1.29 is 35.1 Å². The van der Waals surface area contributed by atoms with Gasteiger partial charge < -0.3 is 4.74 Å². The van der Waals surface area contributed by atoms with Gasteiger partial charge in [0.15, 0.2) is 17.3 Å². The molecule has 0 unspecified atom stereocenters. The molecule has 2 aromatic carbocycles. The topological polar surface area (TPSA) is 55.4 Å². The number of alkyl halides is 3. The first-order valence-corrected chi connectivity index (χ1v) is 7.99. The Bertz CT molecular complexity index is 819. The molecule has 130 valence electrons. The maximum absolute atomic E-state index is 13.4. The summed E-state index contributed by atoms with van der Waals surface area (Å²) in [6.45, 7) is 0. The van der Waals surface area contributed by atoms with Crippen LogP contribution in [-0.4, -0.2) is 20.3 Å². The predicted octanol–water partition coefficient (Wildman–Crippen LogP) is 4.06. The molecule has 1 N–H and O–H groups in total. The van der Waals surface area contributed by atoms with Crippen molar-refractivity contribution in [1.82, 2.24) is 0 Å². The number of ether oxygens (including phenoxy) is 1. The van der Waals surface area contributed by atoms with Crippen molar-refractivity contribution in [2.75, 3.05) is 10.5 Å². The van der Waals surface area contributed by atoms with Crippen LogP contribution in [0.5, 0.6) is 11.5 Å². The number of hydrogen-bond acceptors (Lipinski definition) is 3. The second-order valence-corrected chi connectivity index (χ2v) is 6.40. The lowest BCUT2D eigenvalue weighted by molar-refractivity contribution is -0.106. The zero-order valence-electron chi connectivity index (χ0n) is 11.8. The molecule has 0 spiro atoms. The van der Waals surface area contributed by atoms with Crippen LogP contribution in [0.1, 0.15) is 0 Å². The first kappa shape index (κ1) is 18.0.